The summed E-state index contributed by atoms with van der Waals surface area (Å²) >= 11 is 0. The van der Waals surface area contributed by atoms with Crippen molar-refractivity contribution >= 4 is 11.9 Å². The molecule has 0 unspecified atom stereocenters. The van der Waals surface area contributed by atoms with Crippen molar-refractivity contribution in [3.63, 3.8) is 0 Å². The molecule has 134 valence electrons. The van der Waals surface area contributed by atoms with Crippen LogP contribution < -0.4 is 0 Å². The molecule has 0 saturated heterocycles. The van der Waals surface area contributed by atoms with Crippen LogP contribution in [0, 0.1) is 28.6 Å². The largest absolute Gasteiger partial charge is 0.465 e. The zero-order chi connectivity index (χ0) is 16.8. The van der Waals surface area contributed by atoms with E-state index in [-0.39, 0.29) is 28.7 Å². The van der Waals surface area contributed by atoms with Crippen LogP contribution in [-0.2, 0) is 19.1 Å². The Morgan fingerprint density at radius 2 is 1.21 bits per heavy atom. The van der Waals surface area contributed by atoms with Gasteiger partial charge in [0.1, 0.15) is 0 Å². The Balaban J connectivity index is 1.20. The van der Waals surface area contributed by atoms with Gasteiger partial charge in [0.15, 0.2) is 0 Å². The monoisotopic (exact) mass is 334 g/mol. The van der Waals surface area contributed by atoms with Crippen molar-refractivity contribution in [1.82, 2.24) is 0 Å². The van der Waals surface area contributed by atoms with Gasteiger partial charge in [0.25, 0.3) is 0 Å². The Morgan fingerprint density at radius 1 is 0.833 bits per heavy atom. The van der Waals surface area contributed by atoms with Crippen LogP contribution in [-0.4, -0.2) is 25.2 Å². The van der Waals surface area contributed by atoms with Crippen LogP contribution in [0.3, 0.4) is 0 Å². The molecule has 4 aliphatic rings. The van der Waals surface area contributed by atoms with E-state index in [2.05, 4.69) is 0 Å². The molecule has 4 bridgehead atoms. The highest BCUT2D eigenvalue weighted by atomic mass is 16.5. The van der Waals surface area contributed by atoms with Gasteiger partial charge in [0.2, 0.25) is 0 Å². The average molecular weight is 334 g/mol. The van der Waals surface area contributed by atoms with E-state index < -0.39 is 0 Å². The Kier molecular flexibility index (Phi) is 4.12. The second kappa shape index (κ2) is 6.03. The van der Waals surface area contributed by atoms with Gasteiger partial charge in [-0.1, -0.05) is 6.92 Å². The molecule has 4 heteroatoms. The summed E-state index contributed by atoms with van der Waals surface area (Å²) in [6, 6.07) is 0. The molecule has 4 saturated carbocycles. The summed E-state index contributed by atoms with van der Waals surface area (Å²) in [6.45, 7) is 2.73. The van der Waals surface area contributed by atoms with E-state index in [9.17, 15) is 9.59 Å². The smallest absolute Gasteiger partial charge is 0.312 e. The van der Waals surface area contributed by atoms with Crippen molar-refractivity contribution in [3.05, 3.63) is 0 Å². The number of fused-ring (bicyclic) bond motifs is 4. The van der Waals surface area contributed by atoms with E-state index >= 15 is 0 Å². The third-order valence-corrected chi connectivity index (χ3v) is 7.35. The Hall–Kier alpha value is -1.06. The van der Waals surface area contributed by atoms with Gasteiger partial charge in [-0.15, -0.1) is 0 Å². The van der Waals surface area contributed by atoms with Crippen molar-refractivity contribution in [3.8, 4) is 0 Å². The van der Waals surface area contributed by atoms with Gasteiger partial charge >= 0.3 is 11.9 Å². The van der Waals surface area contributed by atoms with Gasteiger partial charge in [-0.05, 0) is 76.0 Å². The summed E-state index contributed by atoms with van der Waals surface area (Å²) < 4.78 is 11.2. The van der Waals surface area contributed by atoms with Gasteiger partial charge in [0.05, 0.1) is 24.0 Å². The molecule has 4 rings (SSSR count). The Labute approximate surface area is 144 Å². The van der Waals surface area contributed by atoms with E-state index in [4.69, 9.17) is 9.47 Å². The highest BCUT2D eigenvalue weighted by molar-refractivity contribution is 5.78. The molecule has 0 aromatic heterocycles. The summed E-state index contributed by atoms with van der Waals surface area (Å²) in [6.07, 6.45) is 10.8. The lowest BCUT2D eigenvalue weighted by Gasteiger charge is -2.26. The van der Waals surface area contributed by atoms with Crippen LogP contribution >= 0.6 is 0 Å². The SMILES string of the molecule is CC(COC(=O)C12CCC(CC1)C2)COC(=O)C12CCC(CC1)C2. The predicted octanol–water partition coefficient (Wildman–Crippen LogP) is 3.87. The average Bonchev–Trinajstić information content (AvgIpc) is 3.37. The van der Waals surface area contributed by atoms with Crippen molar-refractivity contribution in [1.29, 1.82) is 0 Å². The van der Waals surface area contributed by atoms with Crippen molar-refractivity contribution in [2.24, 2.45) is 28.6 Å². The number of ether oxygens (including phenoxy) is 2. The van der Waals surface area contributed by atoms with Crippen molar-refractivity contribution < 1.29 is 19.1 Å². The van der Waals surface area contributed by atoms with Crippen LogP contribution in [0.2, 0.25) is 0 Å². The molecule has 0 atom stereocenters. The van der Waals surface area contributed by atoms with Gasteiger partial charge in [-0.2, -0.15) is 0 Å². The van der Waals surface area contributed by atoms with Gasteiger partial charge in [0, 0.05) is 5.92 Å². The molecule has 0 heterocycles. The first kappa shape index (κ1) is 16.4. The molecule has 4 nitrogen and oxygen atoms in total. The number of rotatable bonds is 6. The molecular weight excluding hydrogens is 304 g/mol. The van der Waals surface area contributed by atoms with Crippen molar-refractivity contribution in [2.45, 2.75) is 71.1 Å². The van der Waals surface area contributed by atoms with E-state index in [1.54, 1.807) is 0 Å². The summed E-state index contributed by atoms with van der Waals surface area (Å²) in [7, 11) is 0. The number of hydrogen-bond donors (Lipinski definition) is 0. The predicted molar refractivity (Wildman–Crippen MR) is 89.1 cm³/mol. The van der Waals surface area contributed by atoms with Gasteiger partial charge in [-0.3, -0.25) is 9.59 Å². The molecule has 0 aromatic rings. The lowest BCUT2D eigenvalue weighted by molar-refractivity contribution is -0.160. The zero-order valence-corrected chi connectivity index (χ0v) is 14.9. The molecule has 0 radical (unpaired) electrons. The summed E-state index contributed by atoms with van der Waals surface area (Å²) in [5.41, 5.74) is -0.356. The van der Waals surface area contributed by atoms with Crippen molar-refractivity contribution in [2.75, 3.05) is 13.2 Å². The molecule has 0 aromatic carbocycles. The second-order valence-electron chi connectivity index (χ2n) is 9.16. The van der Waals surface area contributed by atoms with Gasteiger partial charge < -0.3 is 9.47 Å². The molecule has 4 fully saturated rings. The first-order valence-electron chi connectivity index (χ1n) is 9.86. The fraction of sp³-hybridized carbons (Fsp3) is 0.900. The third kappa shape index (κ3) is 2.76. The van der Waals surface area contributed by atoms with E-state index in [1.165, 1.54) is 25.7 Å². The van der Waals surface area contributed by atoms with Crippen LogP contribution in [0.25, 0.3) is 0 Å². The number of carbonyl (C=O) groups excluding carboxylic acids is 2. The van der Waals surface area contributed by atoms with Crippen LogP contribution in [0.15, 0.2) is 0 Å². The van der Waals surface area contributed by atoms with Gasteiger partial charge in [-0.25, -0.2) is 0 Å². The van der Waals surface area contributed by atoms with E-state index in [1.807, 2.05) is 6.92 Å². The Bertz CT molecular complexity index is 464. The summed E-state index contributed by atoms with van der Waals surface area (Å²) in [4.78, 5) is 24.9. The molecule has 0 spiro atoms. The maximum atomic E-state index is 12.4. The number of hydrogen-bond acceptors (Lipinski definition) is 4. The topological polar surface area (TPSA) is 52.6 Å². The zero-order valence-electron chi connectivity index (χ0n) is 14.9. The maximum absolute atomic E-state index is 12.4. The standard InChI is InChI=1S/C20H30O4/c1-14(12-23-17(21)19-6-2-15(10-19)3-7-19)13-24-18(22)20-8-4-16(11-20)5-9-20/h14-16H,2-13H2,1H3. The number of esters is 2. The van der Waals surface area contributed by atoms with Crippen LogP contribution in [0.1, 0.15) is 71.1 Å². The normalized spacial score (nSPS) is 40.7. The van der Waals surface area contributed by atoms with E-state index in [0.717, 1.165) is 50.4 Å². The number of carbonyl (C=O) groups is 2. The lowest BCUT2D eigenvalue weighted by Crippen LogP contribution is -2.32. The molecule has 24 heavy (non-hydrogen) atoms. The Morgan fingerprint density at radius 3 is 1.50 bits per heavy atom. The summed E-state index contributed by atoms with van der Waals surface area (Å²) in [5, 5.41) is 0. The fourth-order valence-corrected chi connectivity index (χ4v) is 5.75. The second-order valence-corrected chi connectivity index (χ2v) is 9.16. The van der Waals surface area contributed by atoms with Crippen LogP contribution in [0.5, 0.6) is 0 Å². The molecule has 0 aliphatic heterocycles. The molecule has 0 amide bonds. The first-order valence-corrected chi connectivity index (χ1v) is 9.86. The minimum atomic E-state index is -0.178. The minimum absolute atomic E-state index is 0.00584. The fourth-order valence-electron chi connectivity index (χ4n) is 5.75. The highest BCUT2D eigenvalue weighted by Gasteiger charge is 2.52. The maximum Gasteiger partial charge on any atom is 0.312 e. The third-order valence-electron chi connectivity index (χ3n) is 7.35. The van der Waals surface area contributed by atoms with E-state index in [0.29, 0.717) is 13.2 Å². The quantitative estimate of drug-likeness (QED) is 0.692. The molecular formula is C20H30O4. The lowest BCUT2D eigenvalue weighted by atomic mass is 9.84. The first-order chi connectivity index (χ1) is 11.5. The highest BCUT2D eigenvalue weighted by Crippen LogP contribution is 2.55. The van der Waals surface area contributed by atoms with Crippen LogP contribution in [0.4, 0.5) is 0 Å². The minimum Gasteiger partial charge on any atom is -0.465 e. The molecule has 4 aliphatic carbocycles. The summed E-state index contributed by atoms with van der Waals surface area (Å²) in [5.74, 6) is 1.55. The molecule has 0 N–H and O–H groups in total.